The predicted octanol–water partition coefficient (Wildman–Crippen LogP) is 3.57. The molecule has 2 fully saturated rings. The number of nitrogens with zero attached hydrogens (tertiary/aromatic N) is 4. The Hall–Kier alpha value is -1.50. The highest BCUT2D eigenvalue weighted by molar-refractivity contribution is 7.99. The Labute approximate surface area is 234 Å². The molecule has 0 bridgehead atoms. The largest absolute Gasteiger partial charge is 0.390 e. The van der Waals surface area contributed by atoms with Gasteiger partial charge in [0, 0.05) is 41.9 Å². The van der Waals surface area contributed by atoms with Gasteiger partial charge in [0.1, 0.15) is 20.6 Å². The van der Waals surface area contributed by atoms with Crippen molar-refractivity contribution in [2.24, 2.45) is 11.1 Å². The number of aryl methyl sites for hydroxylation is 2. The number of aromatic nitrogens is 3. The molecule has 12 heteroatoms. The number of aliphatic hydroxyl groups excluding tert-OH is 1. The highest BCUT2D eigenvalue weighted by Gasteiger charge is 2.47. The van der Waals surface area contributed by atoms with Gasteiger partial charge in [-0.2, -0.15) is 0 Å². The molecule has 1 spiro atoms. The van der Waals surface area contributed by atoms with Crippen LogP contribution in [0.5, 0.6) is 0 Å². The smallest absolute Gasteiger partial charge is 0.153 e. The summed E-state index contributed by atoms with van der Waals surface area (Å²) in [5.74, 6) is 0.706. The van der Waals surface area contributed by atoms with Gasteiger partial charge < -0.3 is 20.5 Å². The van der Waals surface area contributed by atoms with E-state index in [1.54, 1.807) is 6.20 Å². The van der Waals surface area contributed by atoms with E-state index in [2.05, 4.69) is 9.88 Å². The lowest BCUT2D eigenvalue weighted by molar-refractivity contribution is 0.0973. The molecule has 2 aromatic rings. The minimum absolute atomic E-state index is 0.00181. The molecule has 0 aromatic carbocycles. The number of hydrogen-bond donors (Lipinski definition) is 2. The van der Waals surface area contributed by atoms with E-state index in [9.17, 15) is 13.5 Å². The van der Waals surface area contributed by atoms with E-state index < -0.39 is 15.1 Å². The number of pyridine rings is 1. The predicted molar refractivity (Wildman–Crippen MR) is 151 cm³/mol. The van der Waals surface area contributed by atoms with Crippen LogP contribution in [0.3, 0.4) is 0 Å². The lowest BCUT2D eigenvalue weighted by Gasteiger charge is -2.42. The van der Waals surface area contributed by atoms with E-state index in [1.165, 1.54) is 18.0 Å². The summed E-state index contributed by atoms with van der Waals surface area (Å²) in [5.41, 5.74) is 8.41. The number of piperidine rings is 1. The van der Waals surface area contributed by atoms with Crippen LogP contribution in [0.2, 0.25) is 5.02 Å². The Morgan fingerprint density at radius 2 is 2.03 bits per heavy atom. The molecule has 0 aliphatic carbocycles. The summed E-state index contributed by atoms with van der Waals surface area (Å²) >= 11 is 8.08. The summed E-state index contributed by atoms with van der Waals surface area (Å²) in [4.78, 5) is 17.0. The van der Waals surface area contributed by atoms with Gasteiger partial charge in [-0.15, -0.1) is 0 Å². The van der Waals surface area contributed by atoms with Crippen molar-refractivity contribution in [3.05, 3.63) is 34.4 Å². The maximum Gasteiger partial charge on any atom is 0.153 e. The summed E-state index contributed by atoms with van der Waals surface area (Å²) in [7, 11) is -3.13. The van der Waals surface area contributed by atoms with Crippen LogP contribution in [0, 0.1) is 12.3 Å². The molecule has 210 valence electrons. The third-order valence-corrected chi connectivity index (χ3v) is 11.5. The molecule has 0 amide bonds. The standard InChI is InChI=1S/C26H38ClN5O4S2/c1-5-18(38(4,34)35)6-7-19-22(27)21(8-11-29-19)37-25-16(2)30-24(20(14-33)31-25)32-12-9-26(10-13-32)15-36-17(3)23(26)28/h8,11,17-18,23,33H,5-7,9-10,12-15,28H2,1-4H3/t17-,18?,23+/m0/s1. The number of aliphatic hydroxyl groups is 1. The third kappa shape index (κ3) is 6.13. The Bertz CT molecular complexity index is 1250. The van der Waals surface area contributed by atoms with E-state index in [1.807, 2.05) is 26.8 Å². The van der Waals surface area contributed by atoms with Crippen molar-refractivity contribution in [1.82, 2.24) is 15.0 Å². The number of sulfone groups is 1. The topological polar surface area (TPSA) is 132 Å². The fourth-order valence-electron chi connectivity index (χ4n) is 5.46. The van der Waals surface area contributed by atoms with Crippen molar-refractivity contribution in [2.75, 3.05) is 30.9 Å². The third-order valence-electron chi connectivity index (χ3n) is 8.03. The zero-order valence-electron chi connectivity index (χ0n) is 22.5. The maximum absolute atomic E-state index is 12.0. The van der Waals surface area contributed by atoms with Crippen molar-refractivity contribution in [3.8, 4) is 0 Å². The van der Waals surface area contributed by atoms with Crippen LogP contribution in [0.4, 0.5) is 5.82 Å². The quantitative estimate of drug-likeness (QED) is 0.451. The molecule has 38 heavy (non-hydrogen) atoms. The highest BCUT2D eigenvalue weighted by Crippen LogP contribution is 2.42. The van der Waals surface area contributed by atoms with Crippen LogP contribution in [-0.4, -0.2) is 71.8 Å². The molecular weight excluding hydrogens is 546 g/mol. The van der Waals surface area contributed by atoms with E-state index in [0.717, 1.165) is 36.5 Å². The first-order valence-corrected chi connectivity index (χ1v) is 16.2. The second-order valence-electron chi connectivity index (χ2n) is 10.5. The number of hydrogen-bond acceptors (Lipinski definition) is 10. The Kier molecular flexibility index (Phi) is 9.26. The van der Waals surface area contributed by atoms with E-state index in [0.29, 0.717) is 53.1 Å². The van der Waals surface area contributed by atoms with Gasteiger partial charge in [0.25, 0.3) is 0 Å². The lowest BCUT2D eigenvalue weighted by atomic mass is 9.73. The monoisotopic (exact) mass is 583 g/mol. The fourth-order valence-corrected chi connectivity index (χ4v) is 7.83. The van der Waals surface area contributed by atoms with Crippen LogP contribution in [0.25, 0.3) is 0 Å². The number of halogens is 1. The molecule has 2 aromatic heterocycles. The zero-order valence-corrected chi connectivity index (χ0v) is 24.9. The van der Waals surface area contributed by atoms with Crippen LogP contribution in [0.15, 0.2) is 22.2 Å². The SMILES string of the molecule is CCC(CCc1nccc(Sc2nc(CO)c(N3CCC4(CC3)CO[C@@H](C)[C@H]4N)nc2C)c1Cl)S(C)(=O)=O. The van der Waals surface area contributed by atoms with Gasteiger partial charge in [-0.05, 0) is 52.0 Å². The average Bonchev–Trinajstić information content (AvgIpc) is 3.15. The molecule has 4 heterocycles. The van der Waals surface area contributed by atoms with Gasteiger partial charge in [0.05, 0.1) is 41.0 Å². The van der Waals surface area contributed by atoms with Crippen molar-refractivity contribution in [2.45, 2.75) is 86.8 Å². The number of ether oxygens (including phenoxy) is 1. The Morgan fingerprint density at radius 1 is 1.32 bits per heavy atom. The summed E-state index contributed by atoms with van der Waals surface area (Å²) in [6, 6.07) is 1.85. The zero-order chi connectivity index (χ0) is 27.7. The summed E-state index contributed by atoms with van der Waals surface area (Å²) < 4.78 is 29.8. The first kappa shape index (κ1) is 29.5. The second kappa shape index (κ2) is 11.9. The Balaban J connectivity index is 1.50. The molecule has 3 atom stereocenters. The van der Waals surface area contributed by atoms with Crippen molar-refractivity contribution in [3.63, 3.8) is 0 Å². The molecule has 2 saturated heterocycles. The van der Waals surface area contributed by atoms with E-state index in [4.69, 9.17) is 32.0 Å². The molecule has 0 saturated carbocycles. The molecule has 0 radical (unpaired) electrons. The molecular formula is C26H38ClN5O4S2. The van der Waals surface area contributed by atoms with Gasteiger partial charge in [-0.1, -0.05) is 30.3 Å². The minimum atomic E-state index is -3.13. The number of rotatable bonds is 9. The van der Waals surface area contributed by atoms with Gasteiger partial charge in [0.2, 0.25) is 0 Å². The van der Waals surface area contributed by atoms with E-state index in [-0.39, 0.29) is 24.2 Å². The van der Waals surface area contributed by atoms with Crippen molar-refractivity contribution in [1.29, 1.82) is 0 Å². The first-order chi connectivity index (χ1) is 18.0. The van der Waals surface area contributed by atoms with Gasteiger partial charge >= 0.3 is 0 Å². The normalized spacial score (nSPS) is 22.2. The molecule has 2 aliphatic heterocycles. The molecule has 4 rings (SSSR count). The average molecular weight is 584 g/mol. The van der Waals surface area contributed by atoms with Crippen LogP contribution in [0.1, 0.15) is 56.6 Å². The Morgan fingerprint density at radius 3 is 2.61 bits per heavy atom. The number of nitrogens with two attached hydrogens (primary N) is 1. The molecule has 1 unspecified atom stereocenters. The molecule has 3 N–H and O–H groups in total. The number of anilines is 1. The minimum Gasteiger partial charge on any atom is -0.390 e. The van der Waals surface area contributed by atoms with E-state index >= 15 is 0 Å². The van der Waals surface area contributed by atoms with Crippen molar-refractivity contribution >= 4 is 39.0 Å². The van der Waals surface area contributed by atoms with Crippen LogP contribution >= 0.6 is 23.4 Å². The van der Waals surface area contributed by atoms with Crippen LogP contribution in [-0.2, 0) is 27.6 Å². The van der Waals surface area contributed by atoms with Gasteiger partial charge in [-0.25, -0.2) is 18.4 Å². The van der Waals surface area contributed by atoms with Gasteiger partial charge in [0.15, 0.2) is 5.82 Å². The molecule has 9 nitrogen and oxygen atoms in total. The van der Waals surface area contributed by atoms with Crippen molar-refractivity contribution < 1.29 is 18.3 Å². The lowest BCUT2D eigenvalue weighted by Crippen LogP contribution is -2.51. The van der Waals surface area contributed by atoms with Gasteiger partial charge in [-0.3, -0.25) is 4.98 Å². The first-order valence-electron chi connectivity index (χ1n) is 13.1. The fraction of sp³-hybridized carbons (Fsp3) is 0.654. The second-order valence-corrected chi connectivity index (χ2v) is 14.2. The van der Waals surface area contributed by atoms with Crippen LogP contribution < -0.4 is 10.6 Å². The highest BCUT2D eigenvalue weighted by atomic mass is 35.5. The summed E-state index contributed by atoms with van der Waals surface area (Å²) in [6.45, 7) is 7.84. The summed E-state index contributed by atoms with van der Waals surface area (Å²) in [6.07, 6.45) is 6.32. The summed E-state index contributed by atoms with van der Waals surface area (Å²) in [5, 5.41) is 10.9. The molecule has 2 aliphatic rings. The maximum atomic E-state index is 12.0.